The molecule has 1 aliphatic heterocycles. The summed E-state index contributed by atoms with van der Waals surface area (Å²) in [5.41, 5.74) is 0.487. The molecule has 3 aromatic rings. The first-order chi connectivity index (χ1) is 13.8. The molecule has 0 fully saturated rings. The minimum atomic E-state index is -4.49. The Labute approximate surface area is 164 Å². The van der Waals surface area contributed by atoms with Crippen molar-refractivity contribution in [3.8, 4) is 0 Å². The number of hydrogen-bond donors (Lipinski definition) is 1. The molecule has 29 heavy (non-hydrogen) atoms. The molecule has 1 atom stereocenters. The largest absolute Gasteiger partial charge is 0.421 e. The predicted molar refractivity (Wildman–Crippen MR) is 101 cm³/mol. The molecule has 0 aromatic heterocycles. The number of esters is 1. The van der Waals surface area contributed by atoms with Gasteiger partial charge in [-0.1, -0.05) is 72.8 Å². The summed E-state index contributed by atoms with van der Waals surface area (Å²) < 4.78 is 44.1. The first-order valence-corrected chi connectivity index (χ1v) is 8.80. The molecule has 146 valence electrons. The Balaban J connectivity index is 1.94. The zero-order chi connectivity index (χ0) is 20.6. The average Bonchev–Trinajstić information content (AvgIpc) is 3.00. The SMILES string of the molecule is O=C1OC(O)(c2ccccc2)C(c2ccccc2)=C1c1ccc(C(F)(F)F)cc1. The number of benzene rings is 3. The summed E-state index contributed by atoms with van der Waals surface area (Å²) in [7, 11) is 0. The van der Waals surface area contributed by atoms with Gasteiger partial charge in [0, 0.05) is 5.56 Å². The van der Waals surface area contributed by atoms with E-state index in [-0.39, 0.29) is 16.7 Å². The Morgan fingerprint density at radius 3 is 1.86 bits per heavy atom. The molecule has 3 nitrogen and oxygen atoms in total. The van der Waals surface area contributed by atoms with Crippen LogP contribution >= 0.6 is 0 Å². The van der Waals surface area contributed by atoms with E-state index in [2.05, 4.69) is 0 Å². The van der Waals surface area contributed by atoms with E-state index < -0.39 is 23.5 Å². The molecule has 0 saturated heterocycles. The number of hydrogen-bond acceptors (Lipinski definition) is 3. The summed E-state index contributed by atoms with van der Waals surface area (Å²) in [5.74, 6) is -2.87. The molecular weight excluding hydrogens is 381 g/mol. The van der Waals surface area contributed by atoms with Crippen molar-refractivity contribution in [2.45, 2.75) is 12.0 Å². The van der Waals surface area contributed by atoms with Crippen molar-refractivity contribution in [3.63, 3.8) is 0 Å². The highest BCUT2D eigenvalue weighted by Gasteiger charge is 2.48. The Kier molecular flexibility index (Phi) is 4.51. The topological polar surface area (TPSA) is 46.5 Å². The molecule has 0 radical (unpaired) electrons. The molecule has 1 N–H and O–H groups in total. The van der Waals surface area contributed by atoms with E-state index in [1.54, 1.807) is 60.7 Å². The fraction of sp³-hybridized carbons (Fsp3) is 0.0870. The lowest BCUT2D eigenvalue weighted by atomic mass is 9.87. The van der Waals surface area contributed by atoms with Gasteiger partial charge in [-0.15, -0.1) is 0 Å². The molecule has 0 spiro atoms. The van der Waals surface area contributed by atoms with Crippen LogP contribution in [0.2, 0.25) is 0 Å². The van der Waals surface area contributed by atoms with Crippen LogP contribution in [-0.4, -0.2) is 11.1 Å². The summed E-state index contributed by atoms with van der Waals surface area (Å²) in [6.45, 7) is 0. The van der Waals surface area contributed by atoms with Gasteiger partial charge in [-0.3, -0.25) is 0 Å². The van der Waals surface area contributed by atoms with Crippen LogP contribution in [0.4, 0.5) is 13.2 Å². The highest BCUT2D eigenvalue weighted by Crippen LogP contribution is 2.48. The van der Waals surface area contributed by atoms with Crippen LogP contribution in [-0.2, 0) is 21.5 Å². The number of halogens is 3. The van der Waals surface area contributed by atoms with E-state index in [0.29, 0.717) is 11.1 Å². The number of ether oxygens (including phenoxy) is 1. The van der Waals surface area contributed by atoms with Gasteiger partial charge in [0.05, 0.1) is 16.7 Å². The van der Waals surface area contributed by atoms with Crippen molar-refractivity contribution in [1.29, 1.82) is 0 Å². The number of cyclic esters (lactones) is 1. The van der Waals surface area contributed by atoms with E-state index in [9.17, 15) is 23.1 Å². The van der Waals surface area contributed by atoms with Crippen LogP contribution in [0.25, 0.3) is 11.1 Å². The normalized spacial score (nSPS) is 19.4. The van der Waals surface area contributed by atoms with Crippen LogP contribution in [0.3, 0.4) is 0 Å². The fourth-order valence-electron chi connectivity index (χ4n) is 3.41. The lowest BCUT2D eigenvalue weighted by Gasteiger charge is -2.25. The second kappa shape index (κ2) is 6.90. The second-order valence-corrected chi connectivity index (χ2v) is 6.59. The number of carbonyl (C=O) groups is 1. The Morgan fingerprint density at radius 2 is 1.31 bits per heavy atom. The lowest BCUT2D eigenvalue weighted by molar-refractivity contribution is -0.178. The van der Waals surface area contributed by atoms with Crippen molar-refractivity contribution in [3.05, 3.63) is 107 Å². The van der Waals surface area contributed by atoms with Crippen LogP contribution in [0, 0.1) is 0 Å². The van der Waals surface area contributed by atoms with Crippen LogP contribution in [0.15, 0.2) is 84.9 Å². The quantitative estimate of drug-likeness (QED) is 0.633. The minimum Gasteiger partial charge on any atom is -0.421 e. The third-order valence-electron chi connectivity index (χ3n) is 4.76. The fourth-order valence-corrected chi connectivity index (χ4v) is 3.41. The van der Waals surface area contributed by atoms with Gasteiger partial charge in [0.25, 0.3) is 5.79 Å². The summed E-state index contributed by atoms with van der Waals surface area (Å²) in [4.78, 5) is 12.8. The maximum atomic E-state index is 12.9. The first kappa shape index (κ1) is 19.0. The summed E-state index contributed by atoms with van der Waals surface area (Å²) in [5, 5.41) is 11.4. The zero-order valence-electron chi connectivity index (χ0n) is 15.0. The third-order valence-corrected chi connectivity index (χ3v) is 4.76. The zero-order valence-corrected chi connectivity index (χ0v) is 15.0. The standard InChI is InChI=1S/C23H15F3O3/c24-23(25,26)18-13-11-15(12-14-18)19-20(16-7-3-1-4-8-16)22(28,29-21(19)27)17-9-5-2-6-10-17/h1-14,28H. The first-order valence-electron chi connectivity index (χ1n) is 8.80. The van der Waals surface area contributed by atoms with Gasteiger partial charge in [-0.2, -0.15) is 13.2 Å². The smallest absolute Gasteiger partial charge is 0.416 e. The Morgan fingerprint density at radius 1 is 0.759 bits per heavy atom. The van der Waals surface area contributed by atoms with Gasteiger partial charge in [0.15, 0.2) is 0 Å². The maximum Gasteiger partial charge on any atom is 0.416 e. The average molecular weight is 396 g/mol. The number of carbonyl (C=O) groups excluding carboxylic acids is 1. The molecule has 0 saturated carbocycles. The Hall–Kier alpha value is -3.38. The van der Waals surface area contributed by atoms with Crippen molar-refractivity contribution >= 4 is 17.1 Å². The molecule has 1 unspecified atom stereocenters. The Bertz CT molecular complexity index is 1070. The summed E-state index contributed by atoms with van der Waals surface area (Å²) in [6, 6.07) is 21.3. The number of alkyl halides is 3. The van der Waals surface area contributed by atoms with Gasteiger partial charge >= 0.3 is 12.1 Å². The van der Waals surface area contributed by atoms with Crippen molar-refractivity contribution in [2.75, 3.05) is 0 Å². The predicted octanol–water partition coefficient (Wildman–Crippen LogP) is 5.02. The highest BCUT2D eigenvalue weighted by atomic mass is 19.4. The monoisotopic (exact) mass is 396 g/mol. The molecule has 4 rings (SSSR count). The van der Waals surface area contributed by atoms with E-state index in [4.69, 9.17) is 4.74 Å². The van der Waals surface area contributed by atoms with Crippen LogP contribution in [0.5, 0.6) is 0 Å². The molecule has 1 aliphatic rings. The molecule has 0 aliphatic carbocycles. The lowest BCUT2D eigenvalue weighted by Crippen LogP contribution is -2.28. The summed E-state index contributed by atoms with van der Waals surface area (Å²) in [6.07, 6.45) is -4.49. The summed E-state index contributed by atoms with van der Waals surface area (Å²) >= 11 is 0. The van der Waals surface area contributed by atoms with Gasteiger partial charge in [0.2, 0.25) is 0 Å². The number of aliphatic hydroxyl groups is 1. The van der Waals surface area contributed by atoms with Crippen LogP contribution < -0.4 is 0 Å². The third kappa shape index (κ3) is 3.32. The van der Waals surface area contributed by atoms with E-state index in [1.165, 1.54) is 12.1 Å². The molecule has 3 aromatic carbocycles. The second-order valence-electron chi connectivity index (χ2n) is 6.59. The van der Waals surface area contributed by atoms with E-state index in [1.807, 2.05) is 0 Å². The highest BCUT2D eigenvalue weighted by molar-refractivity contribution is 6.28. The van der Waals surface area contributed by atoms with Crippen molar-refractivity contribution in [1.82, 2.24) is 0 Å². The molecule has 6 heteroatoms. The van der Waals surface area contributed by atoms with Crippen molar-refractivity contribution < 1.29 is 27.8 Å². The molecule has 0 bridgehead atoms. The maximum absolute atomic E-state index is 12.9. The minimum absolute atomic E-state index is 0.0243. The number of rotatable bonds is 3. The molecule has 0 amide bonds. The van der Waals surface area contributed by atoms with Crippen molar-refractivity contribution in [2.24, 2.45) is 0 Å². The van der Waals surface area contributed by atoms with Gasteiger partial charge in [0.1, 0.15) is 0 Å². The van der Waals surface area contributed by atoms with Gasteiger partial charge in [-0.25, -0.2) is 4.79 Å². The molecular formula is C23H15F3O3. The van der Waals surface area contributed by atoms with E-state index >= 15 is 0 Å². The van der Waals surface area contributed by atoms with E-state index in [0.717, 1.165) is 12.1 Å². The molecule has 1 heterocycles. The van der Waals surface area contributed by atoms with Gasteiger partial charge in [-0.05, 0) is 23.3 Å². The van der Waals surface area contributed by atoms with Crippen LogP contribution in [0.1, 0.15) is 22.3 Å². The van der Waals surface area contributed by atoms with Gasteiger partial charge < -0.3 is 9.84 Å².